The van der Waals surface area contributed by atoms with Crippen molar-refractivity contribution < 1.29 is 9.90 Å². The van der Waals surface area contributed by atoms with Crippen LogP contribution < -0.4 is 5.32 Å². The van der Waals surface area contributed by atoms with Gasteiger partial charge in [0.15, 0.2) is 0 Å². The van der Waals surface area contributed by atoms with Crippen molar-refractivity contribution in [2.75, 3.05) is 6.54 Å². The predicted molar refractivity (Wildman–Crippen MR) is 101 cm³/mol. The van der Waals surface area contributed by atoms with E-state index in [0.29, 0.717) is 22.7 Å². The monoisotopic (exact) mass is 460 g/mol. The van der Waals surface area contributed by atoms with Gasteiger partial charge >= 0.3 is 0 Å². The number of carbonyl (C=O) groups is 1. The lowest BCUT2D eigenvalue weighted by atomic mass is 9.81. The number of alkyl halides is 2. The van der Waals surface area contributed by atoms with E-state index in [4.69, 9.17) is 0 Å². The van der Waals surface area contributed by atoms with E-state index >= 15 is 0 Å². The zero-order valence-corrected chi connectivity index (χ0v) is 17.0. The van der Waals surface area contributed by atoms with E-state index in [0.717, 1.165) is 51.5 Å². The van der Waals surface area contributed by atoms with Crippen LogP contribution in [-0.4, -0.2) is 50.4 Å². The van der Waals surface area contributed by atoms with Gasteiger partial charge in [-0.1, -0.05) is 37.9 Å². The quantitative estimate of drug-likeness (QED) is 0.466. The third-order valence-corrected chi connectivity index (χ3v) is 8.11. The summed E-state index contributed by atoms with van der Waals surface area (Å²) in [6.45, 7) is 0.853. The van der Waals surface area contributed by atoms with Crippen LogP contribution in [0.5, 0.6) is 0 Å². The van der Waals surface area contributed by atoms with Gasteiger partial charge in [0.05, 0.1) is 12.0 Å². The molecule has 2 N–H and O–H groups in total. The molecule has 4 nitrogen and oxygen atoms in total. The maximum absolute atomic E-state index is 12.9. The van der Waals surface area contributed by atoms with Crippen molar-refractivity contribution in [3.8, 4) is 0 Å². The zero-order valence-electron chi connectivity index (χ0n) is 13.8. The first-order valence-electron chi connectivity index (χ1n) is 9.26. The van der Waals surface area contributed by atoms with Gasteiger partial charge in [-0.2, -0.15) is 0 Å². The molecule has 0 aromatic heterocycles. The SMILES string of the molecule is O=C1C2CC(Br)CCC2NC2/C(=C/C3CCC(O)C(Br)C3)CCN12. The highest BCUT2D eigenvalue weighted by molar-refractivity contribution is 9.09. The molecule has 6 heteroatoms. The molecule has 7 unspecified atom stereocenters. The molecule has 2 saturated heterocycles. The second kappa shape index (κ2) is 7.01. The number of aliphatic hydroxyl groups excluding tert-OH is 1. The highest BCUT2D eigenvalue weighted by atomic mass is 79.9. The third kappa shape index (κ3) is 3.24. The van der Waals surface area contributed by atoms with Crippen molar-refractivity contribution >= 4 is 37.8 Å². The standard InChI is InChI=1S/C18H26Br2N2O2/c19-12-2-3-15-13(9-12)18(24)22-6-5-11(17(22)21-15)7-10-1-4-16(23)14(20)8-10/h7,10,12-17,21,23H,1-6,8-9H2/b11-7+. The molecule has 7 atom stereocenters. The number of hydrogen-bond donors (Lipinski definition) is 2. The number of halogens is 2. The summed E-state index contributed by atoms with van der Waals surface area (Å²) in [5.41, 5.74) is 1.39. The molecule has 0 spiro atoms. The van der Waals surface area contributed by atoms with Crippen molar-refractivity contribution in [3.63, 3.8) is 0 Å². The summed E-state index contributed by atoms with van der Waals surface area (Å²) in [4.78, 5) is 15.7. The van der Waals surface area contributed by atoms with Crippen LogP contribution in [0.4, 0.5) is 0 Å². The minimum Gasteiger partial charge on any atom is -0.392 e. The number of aliphatic hydroxyl groups is 1. The van der Waals surface area contributed by atoms with E-state index < -0.39 is 0 Å². The first kappa shape index (κ1) is 17.5. The Bertz CT molecular complexity index is 541. The van der Waals surface area contributed by atoms with Gasteiger partial charge in [-0.15, -0.1) is 0 Å². The normalized spacial score (nSPS) is 47.6. The summed E-state index contributed by atoms with van der Waals surface area (Å²) in [7, 11) is 0. The predicted octanol–water partition coefficient (Wildman–Crippen LogP) is 2.93. The van der Waals surface area contributed by atoms with E-state index in [1.165, 1.54) is 5.57 Å². The molecule has 4 rings (SSSR count). The van der Waals surface area contributed by atoms with E-state index in [1.807, 2.05) is 0 Å². The van der Waals surface area contributed by atoms with Crippen molar-refractivity contribution in [2.45, 2.75) is 72.9 Å². The highest BCUT2D eigenvalue weighted by Gasteiger charge is 2.47. The maximum Gasteiger partial charge on any atom is 0.228 e. The summed E-state index contributed by atoms with van der Waals surface area (Å²) in [6.07, 6.45) is 9.40. The number of amides is 1. The molecular weight excluding hydrogens is 436 g/mol. The number of nitrogens with one attached hydrogen (secondary N) is 1. The van der Waals surface area contributed by atoms with Crippen molar-refractivity contribution in [1.29, 1.82) is 0 Å². The Kier molecular flexibility index (Phi) is 5.11. The maximum atomic E-state index is 12.9. The average molecular weight is 462 g/mol. The lowest BCUT2D eigenvalue weighted by Gasteiger charge is -2.45. The fourth-order valence-corrected chi connectivity index (χ4v) is 6.33. The first-order chi connectivity index (χ1) is 11.5. The van der Waals surface area contributed by atoms with E-state index in [9.17, 15) is 9.90 Å². The van der Waals surface area contributed by atoms with Gasteiger partial charge in [0.1, 0.15) is 6.17 Å². The number of fused-ring (bicyclic) bond motifs is 2. The molecule has 2 saturated carbocycles. The van der Waals surface area contributed by atoms with Gasteiger partial charge < -0.3 is 10.0 Å². The van der Waals surface area contributed by atoms with Crippen molar-refractivity contribution in [2.24, 2.45) is 11.8 Å². The van der Waals surface area contributed by atoms with Gasteiger partial charge in [0, 0.05) is 22.2 Å². The highest BCUT2D eigenvalue weighted by Crippen LogP contribution is 2.39. The smallest absolute Gasteiger partial charge is 0.228 e. The Labute approximate surface area is 160 Å². The van der Waals surface area contributed by atoms with Crippen LogP contribution in [0.25, 0.3) is 0 Å². The van der Waals surface area contributed by atoms with Crippen LogP contribution in [0.1, 0.15) is 44.9 Å². The molecule has 4 fully saturated rings. The lowest BCUT2D eigenvalue weighted by molar-refractivity contribution is -0.143. The van der Waals surface area contributed by atoms with Crippen molar-refractivity contribution in [1.82, 2.24) is 10.2 Å². The number of allylic oxidation sites excluding steroid dienone is 1. The van der Waals surface area contributed by atoms with Crippen LogP contribution in [-0.2, 0) is 4.79 Å². The molecule has 24 heavy (non-hydrogen) atoms. The average Bonchev–Trinajstić information content (AvgIpc) is 2.95. The van der Waals surface area contributed by atoms with Gasteiger partial charge in [-0.25, -0.2) is 0 Å². The minimum atomic E-state index is -0.214. The number of hydrogen-bond acceptors (Lipinski definition) is 3. The van der Waals surface area contributed by atoms with Crippen LogP contribution in [0.15, 0.2) is 11.6 Å². The minimum absolute atomic E-state index is 0.117. The Morgan fingerprint density at radius 2 is 2.00 bits per heavy atom. The van der Waals surface area contributed by atoms with Crippen molar-refractivity contribution in [3.05, 3.63) is 11.6 Å². The van der Waals surface area contributed by atoms with E-state index in [2.05, 4.69) is 48.2 Å². The Balaban J connectivity index is 1.48. The number of nitrogens with zero attached hydrogens (tertiary/aromatic N) is 1. The fourth-order valence-electron chi connectivity index (χ4n) is 4.92. The molecule has 134 valence electrons. The fraction of sp³-hybridized carbons (Fsp3) is 0.833. The summed E-state index contributed by atoms with van der Waals surface area (Å²) < 4.78 is 0. The Hall–Kier alpha value is 0.0900. The lowest BCUT2D eigenvalue weighted by Crippen LogP contribution is -2.62. The number of rotatable bonds is 1. The Morgan fingerprint density at radius 1 is 1.17 bits per heavy atom. The van der Waals surface area contributed by atoms with E-state index in [-0.39, 0.29) is 23.0 Å². The summed E-state index contributed by atoms with van der Waals surface area (Å²) in [5.74, 6) is 1.02. The van der Waals surface area contributed by atoms with E-state index in [1.54, 1.807) is 0 Å². The second-order valence-electron chi connectivity index (χ2n) is 7.87. The first-order valence-corrected chi connectivity index (χ1v) is 11.1. The summed E-state index contributed by atoms with van der Waals surface area (Å²) in [6, 6.07) is 0.339. The molecule has 2 heterocycles. The summed E-state index contributed by atoms with van der Waals surface area (Å²) >= 11 is 7.31. The topological polar surface area (TPSA) is 52.6 Å². The molecule has 0 bridgehead atoms. The molecule has 2 aliphatic carbocycles. The van der Waals surface area contributed by atoms with Gasteiger partial charge in [-0.3, -0.25) is 10.1 Å². The van der Waals surface area contributed by atoms with Crippen LogP contribution in [0.3, 0.4) is 0 Å². The molecule has 0 aromatic carbocycles. The van der Waals surface area contributed by atoms with Crippen LogP contribution in [0.2, 0.25) is 0 Å². The van der Waals surface area contributed by atoms with Crippen LogP contribution in [0, 0.1) is 11.8 Å². The Morgan fingerprint density at radius 3 is 2.79 bits per heavy atom. The van der Waals surface area contributed by atoms with Gasteiger partial charge in [0.25, 0.3) is 0 Å². The third-order valence-electron chi connectivity index (χ3n) is 6.29. The van der Waals surface area contributed by atoms with Crippen LogP contribution >= 0.6 is 31.9 Å². The second-order valence-corrected chi connectivity index (χ2v) is 10.3. The van der Waals surface area contributed by atoms with Gasteiger partial charge in [-0.05, 0) is 56.4 Å². The molecule has 1 amide bonds. The van der Waals surface area contributed by atoms with Gasteiger partial charge in [0.2, 0.25) is 5.91 Å². The molecule has 4 aliphatic rings. The number of carbonyl (C=O) groups excluding carboxylic acids is 1. The summed E-state index contributed by atoms with van der Waals surface area (Å²) in [5, 5.41) is 13.7. The largest absolute Gasteiger partial charge is 0.392 e. The zero-order chi connectivity index (χ0) is 16.8. The molecule has 2 aliphatic heterocycles. The molecular formula is C18H26Br2N2O2. The molecule has 0 aromatic rings. The molecule has 0 radical (unpaired) electrons.